The number of benzene rings is 1. The first-order valence-corrected chi connectivity index (χ1v) is 8.41. The van der Waals surface area contributed by atoms with Crippen LogP contribution in [0.15, 0.2) is 35.5 Å². The van der Waals surface area contributed by atoms with Gasteiger partial charge >= 0.3 is 6.18 Å². The third-order valence-corrected chi connectivity index (χ3v) is 3.85. The van der Waals surface area contributed by atoms with Gasteiger partial charge in [-0.3, -0.25) is 4.79 Å². The van der Waals surface area contributed by atoms with Crippen LogP contribution < -0.4 is 5.32 Å². The van der Waals surface area contributed by atoms with Crippen molar-refractivity contribution in [2.45, 2.75) is 11.3 Å². The molecule has 0 fully saturated rings. The van der Waals surface area contributed by atoms with Crippen molar-refractivity contribution in [3.63, 3.8) is 0 Å². The molecule has 6 nitrogen and oxygen atoms in total. The number of rotatable bonds is 3. The Bertz CT molecular complexity index is 896. The summed E-state index contributed by atoms with van der Waals surface area (Å²) in [5, 5.41) is 1.40. The molecule has 0 aliphatic carbocycles. The highest BCUT2D eigenvalue weighted by Gasteiger charge is 2.35. The van der Waals surface area contributed by atoms with Gasteiger partial charge in [0.05, 0.1) is 5.69 Å². The van der Waals surface area contributed by atoms with Gasteiger partial charge in [-0.2, -0.15) is 13.2 Å². The van der Waals surface area contributed by atoms with E-state index in [-0.39, 0.29) is 16.8 Å². The van der Waals surface area contributed by atoms with E-state index in [0.29, 0.717) is 12.3 Å². The summed E-state index contributed by atoms with van der Waals surface area (Å²) in [5.41, 5.74) is -1.59. The molecule has 0 atom stereocenters. The van der Waals surface area contributed by atoms with Crippen LogP contribution in [0.4, 0.5) is 13.2 Å². The summed E-state index contributed by atoms with van der Waals surface area (Å²) < 4.78 is 62.2. The number of carbonyl (C=O) groups is 1. The van der Waals surface area contributed by atoms with E-state index < -0.39 is 32.8 Å². The predicted molar refractivity (Wildman–Crippen MR) is 79.0 cm³/mol. The minimum atomic E-state index is -4.86. The second-order valence-electron chi connectivity index (χ2n) is 4.82. The molecular formula is C14H12F3N3O3S. The molecule has 1 N–H and O–H groups in total. The average molecular weight is 359 g/mol. The maximum atomic E-state index is 13.0. The van der Waals surface area contributed by atoms with Crippen LogP contribution in [0.1, 0.15) is 16.1 Å². The summed E-state index contributed by atoms with van der Waals surface area (Å²) in [6.45, 7) is 0. The van der Waals surface area contributed by atoms with Crippen LogP contribution in [0.3, 0.4) is 0 Å². The summed E-state index contributed by atoms with van der Waals surface area (Å²) in [7, 11) is -2.71. The highest BCUT2D eigenvalue weighted by Crippen LogP contribution is 2.32. The van der Waals surface area contributed by atoms with Gasteiger partial charge in [-0.15, -0.1) is 0 Å². The van der Waals surface area contributed by atoms with Gasteiger partial charge in [0.2, 0.25) is 15.0 Å². The van der Waals surface area contributed by atoms with Gasteiger partial charge in [0, 0.05) is 24.4 Å². The summed E-state index contributed by atoms with van der Waals surface area (Å²) in [6.07, 6.45) is -4.16. The smallest absolute Gasteiger partial charge is 0.355 e. The number of halogens is 3. The van der Waals surface area contributed by atoms with Gasteiger partial charge in [-0.25, -0.2) is 18.4 Å². The Labute approximate surface area is 135 Å². The zero-order valence-electron chi connectivity index (χ0n) is 12.5. The normalized spacial score (nSPS) is 12.0. The van der Waals surface area contributed by atoms with Crippen LogP contribution in [0.2, 0.25) is 0 Å². The lowest BCUT2D eigenvalue weighted by molar-refractivity contribution is -0.141. The van der Waals surface area contributed by atoms with Crippen LogP contribution in [0, 0.1) is 0 Å². The molecule has 24 heavy (non-hydrogen) atoms. The summed E-state index contributed by atoms with van der Waals surface area (Å²) in [4.78, 5) is 18.6. The summed E-state index contributed by atoms with van der Waals surface area (Å²) in [5.74, 6) is -0.543. The Morgan fingerprint density at radius 3 is 2.33 bits per heavy atom. The third kappa shape index (κ3) is 3.70. The molecule has 2 aromatic rings. The van der Waals surface area contributed by atoms with E-state index in [4.69, 9.17) is 0 Å². The van der Waals surface area contributed by atoms with Crippen molar-refractivity contribution in [2.24, 2.45) is 0 Å². The van der Waals surface area contributed by atoms with Crippen LogP contribution >= 0.6 is 0 Å². The minimum Gasteiger partial charge on any atom is -0.355 e. The topological polar surface area (TPSA) is 89.0 Å². The molecule has 1 heterocycles. The van der Waals surface area contributed by atoms with Gasteiger partial charge < -0.3 is 5.32 Å². The van der Waals surface area contributed by atoms with Crippen molar-refractivity contribution < 1.29 is 26.4 Å². The van der Waals surface area contributed by atoms with Crippen molar-refractivity contribution in [3.05, 3.63) is 41.6 Å². The highest BCUT2D eigenvalue weighted by atomic mass is 32.2. The third-order valence-electron chi connectivity index (χ3n) is 3.00. The van der Waals surface area contributed by atoms with E-state index in [1.807, 2.05) is 0 Å². The number of hydrogen-bond donors (Lipinski definition) is 1. The molecule has 0 saturated heterocycles. The SMILES string of the molecule is CNC(=O)c1ccccc1-c1cc(C(F)(F)F)nc(S(C)(=O)=O)n1. The molecule has 0 unspecified atom stereocenters. The summed E-state index contributed by atoms with van der Waals surface area (Å²) in [6, 6.07) is 6.40. The molecule has 0 radical (unpaired) electrons. The van der Waals surface area contributed by atoms with Crippen molar-refractivity contribution >= 4 is 15.7 Å². The summed E-state index contributed by atoms with van der Waals surface area (Å²) >= 11 is 0. The van der Waals surface area contributed by atoms with E-state index in [0.717, 1.165) is 0 Å². The lowest BCUT2D eigenvalue weighted by Crippen LogP contribution is -2.19. The monoisotopic (exact) mass is 359 g/mol. The number of nitrogens with zero attached hydrogens (tertiary/aromatic N) is 2. The van der Waals surface area contributed by atoms with E-state index >= 15 is 0 Å². The quantitative estimate of drug-likeness (QED) is 0.846. The van der Waals surface area contributed by atoms with Gasteiger partial charge in [-0.05, 0) is 12.1 Å². The number of sulfone groups is 1. The van der Waals surface area contributed by atoms with E-state index in [1.165, 1.54) is 31.3 Å². The van der Waals surface area contributed by atoms with Gasteiger partial charge in [0.15, 0.2) is 0 Å². The zero-order chi connectivity index (χ0) is 18.1. The Hall–Kier alpha value is -2.49. The molecule has 0 aliphatic heterocycles. The Morgan fingerprint density at radius 1 is 1.17 bits per heavy atom. The van der Waals surface area contributed by atoms with E-state index in [9.17, 15) is 26.4 Å². The molecule has 0 spiro atoms. The maximum Gasteiger partial charge on any atom is 0.433 e. The fourth-order valence-electron chi connectivity index (χ4n) is 1.91. The molecule has 0 saturated carbocycles. The van der Waals surface area contributed by atoms with Crippen LogP contribution in [-0.4, -0.2) is 37.6 Å². The van der Waals surface area contributed by atoms with Crippen molar-refractivity contribution in [1.82, 2.24) is 15.3 Å². The Morgan fingerprint density at radius 2 is 1.79 bits per heavy atom. The van der Waals surface area contributed by atoms with Gasteiger partial charge in [0.25, 0.3) is 5.91 Å². The minimum absolute atomic E-state index is 0.0614. The molecular weight excluding hydrogens is 347 g/mol. The molecule has 1 amide bonds. The number of alkyl halides is 3. The van der Waals surface area contributed by atoms with Crippen LogP contribution in [0.25, 0.3) is 11.3 Å². The molecule has 10 heteroatoms. The number of hydrogen-bond acceptors (Lipinski definition) is 5. The van der Waals surface area contributed by atoms with Crippen LogP contribution in [-0.2, 0) is 16.0 Å². The molecule has 2 rings (SSSR count). The highest BCUT2D eigenvalue weighted by molar-refractivity contribution is 7.90. The number of amides is 1. The second kappa shape index (κ2) is 6.19. The molecule has 128 valence electrons. The first kappa shape index (κ1) is 17.9. The largest absolute Gasteiger partial charge is 0.433 e. The van der Waals surface area contributed by atoms with Gasteiger partial charge in [0.1, 0.15) is 5.69 Å². The van der Waals surface area contributed by atoms with E-state index in [1.54, 1.807) is 0 Å². The Kier molecular flexibility index (Phi) is 4.61. The van der Waals surface area contributed by atoms with Crippen LogP contribution in [0.5, 0.6) is 0 Å². The fourth-order valence-corrected chi connectivity index (χ4v) is 2.44. The molecule has 0 bridgehead atoms. The lowest BCUT2D eigenvalue weighted by Gasteiger charge is -2.12. The molecule has 0 aliphatic rings. The lowest BCUT2D eigenvalue weighted by atomic mass is 10.0. The molecule has 1 aromatic heterocycles. The number of nitrogens with one attached hydrogen (secondary N) is 1. The number of aromatic nitrogens is 2. The number of carbonyl (C=O) groups excluding carboxylic acids is 1. The fraction of sp³-hybridized carbons (Fsp3) is 0.214. The Balaban J connectivity index is 2.79. The van der Waals surface area contributed by atoms with Crippen molar-refractivity contribution in [2.75, 3.05) is 13.3 Å². The first-order chi connectivity index (χ1) is 11.0. The second-order valence-corrected chi connectivity index (χ2v) is 6.73. The average Bonchev–Trinajstić information content (AvgIpc) is 2.52. The van der Waals surface area contributed by atoms with E-state index in [2.05, 4.69) is 15.3 Å². The predicted octanol–water partition coefficient (Wildman–Crippen LogP) is 1.93. The van der Waals surface area contributed by atoms with Gasteiger partial charge in [-0.1, -0.05) is 18.2 Å². The molecule has 1 aromatic carbocycles. The van der Waals surface area contributed by atoms with Crippen molar-refractivity contribution in [3.8, 4) is 11.3 Å². The first-order valence-electron chi connectivity index (χ1n) is 6.52. The van der Waals surface area contributed by atoms with Crippen molar-refractivity contribution in [1.29, 1.82) is 0 Å². The zero-order valence-corrected chi connectivity index (χ0v) is 13.4. The standard InChI is InChI=1S/C14H12F3N3O3S/c1-18-12(21)9-6-4-3-5-8(9)10-7-11(14(15,16)17)20-13(19-10)24(2,22)23/h3-7H,1-2H3,(H,18,21). The maximum absolute atomic E-state index is 13.0.